The Hall–Kier alpha value is -4.21. The fourth-order valence-electron chi connectivity index (χ4n) is 3.41. The summed E-state index contributed by atoms with van der Waals surface area (Å²) < 4.78 is 41.7. The molecule has 2 N–H and O–H groups in total. The van der Waals surface area contributed by atoms with Crippen LogP contribution >= 0.6 is 0 Å². The van der Waals surface area contributed by atoms with Crippen molar-refractivity contribution < 1.29 is 32.6 Å². The van der Waals surface area contributed by atoms with Crippen LogP contribution in [0.15, 0.2) is 72.3 Å². The lowest BCUT2D eigenvalue weighted by atomic mass is 9.90. The van der Waals surface area contributed by atoms with Crippen LogP contribution < -0.4 is 10.1 Å². The normalized spacial score (nSPS) is 13.1. The lowest BCUT2D eigenvalue weighted by Crippen LogP contribution is -2.23. The number of hydrogen-bond acceptors (Lipinski definition) is 7. The molecule has 0 aliphatic carbocycles. The minimum atomic E-state index is -4.88. The predicted octanol–water partition coefficient (Wildman–Crippen LogP) is 5.85. The number of ether oxygens (including phenoxy) is 1. The van der Waals surface area contributed by atoms with Crippen molar-refractivity contribution in [3.63, 3.8) is 0 Å². The second-order valence-corrected chi connectivity index (χ2v) is 8.30. The van der Waals surface area contributed by atoms with Gasteiger partial charge in [-0.05, 0) is 41.7 Å². The third-order valence-electron chi connectivity index (χ3n) is 5.26. The van der Waals surface area contributed by atoms with E-state index in [1.165, 1.54) is 24.5 Å². The van der Waals surface area contributed by atoms with Crippen LogP contribution in [0.5, 0.6) is 5.75 Å². The molecule has 10 heteroatoms. The molecule has 0 saturated carbocycles. The number of alkyl halides is 3. The number of nitrogens with one attached hydrogen (secondary N) is 1. The lowest BCUT2D eigenvalue weighted by molar-refractivity contribution is -0.274. The molecule has 1 heterocycles. The number of aryl methyl sites for hydroxylation is 1. The molecule has 0 aliphatic rings. The standard InChI is InChI=1S/C26H24F3N3O4/c1-15(2)17-4-6-19(7-5-17)24(35)22(21(34)14-33)23(32-25-30-12-16(3)13-31-25)18-8-10-20(11-9-18)36-26(27,28)29/h4-15,23,34H,1-3H3,(H,30,31,32)/b22-21-. The van der Waals surface area contributed by atoms with E-state index in [1.54, 1.807) is 31.2 Å². The van der Waals surface area contributed by atoms with Gasteiger partial charge in [0.1, 0.15) is 5.75 Å². The Morgan fingerprint density at radius 3 is 2.06 bits per heavy atom. The molecule has 1 atom stereocenters. The molecule has 0 fully saturated rings. The van der Waals surface area contributed by atoms with E-state index in [0.29, 0.717) is 0 Å². The highest BCUT2D eigenvalue weighted by molar-refractivity contribution is 6.12. The summed E-state index contributed by atoms with van der Waals surface area (Å²) in [6.07, 6.45) is -1.72. The first-order chi connectivity index (χ1) is 17.0. The van der Waals surface area contributed by atoms with Crippen molar-refractivity contribution in [3.8, 4) is 5.75 Å². The van der Waals surface area contributed by atoms with E-state index in [9.17, 15) is 27.9 Å². The molecule has 0 spiro atoms. The molecule has 0 radical (unpaired) electrons. The highest BCUT2D eigenvalue weighted by atomic mass is 19.4. The molecule has 1 unspecified atom stereocenters. The molecule has 2 aromatic carbocycles. The maximum absolute atomic E-state index is 13.5. The van der Waals surface area contributed by atoms with Crippen molar-refractivity contribution in [2.45, 2.75) is 39.1 Å². The number of carbonyl (C=O) groups is 2. The van der Waals surface area contributed by atoms with Gasteiger partial charge in [-0.3, -0.25) is 9.59 Å². The molecule has 188 valence electrons. The first-order valence-corrected chi connectivity index (χ1v) is 10.9. The molecule has 3 aromatic rings. The first kappa shape index (κ1) is 26.4. The van der Waals surface area contributed by atoms with E-state index >= 15 is 0 Å². The Kier molecular flexibility index (Phi) is 8.08. The number of aldehydes is 1. The van der Waals surface area contributed by atoms with Gasteiger partial charge in [0.05, 0.1) is 11.6 Å². The van der Waals surface area contributed by atoms with Crippen LogP contribution in [0.1, 0.15) is 52.9 Å². The van der Waals surface area contributed by atoms with E-state index in [-0.39, 0.29) is 34.9 Å². The first-order valence-electron chi connectivity index (χ1n) is 10.9. The Morgan fingerprint density at radius 1 is 1.00 bits per heavy atom. The zero-order valence-electron chi connectivity index (χ0n) is 19.7. The van der Waals surface area contributed by atoms with Gasteiger partial charge in [-0.15, -0.1) is 13.2 Å². The van der Waals surface area contributed by atoms with Crippen LogP contribution in [0.2, 0.25) is 0 Å². The van der Waals surface area contributed by atoms with Gasteiger partial charge in [0.2, 0.25) is 5.95 Å². The molecular weight excluding hydrogens is 475 g/mol. The molecule has 0 saturated heterocycles. The number of rotatable bonds is 9. The smallest absolute Gasteiger partial charge is 0.504 e. The number of anilines is 1. The monoisotopic (exact) mass is 499 g/mol. The number of ketones is 1. The van der Waals surface area contributed by atoms with Gasteiger partial charge < -0.3 is 15.2 Å². The quantitative estimate of drug-likeness (QED) is 0.165. The summed E-state index contributed by atoms with van der Waals surface area (Å²) in [6, 6.07) is 10.2. The second-order valence-electron chi connectivity index (χ2n) is 8.30. The fourth-order valence-corrected chi connectivity index (χ4v) is 3.41. The van der Waals surface area contributed by atoms with Gasteiger partial charge >= 0.3 is 6.36 Å². The topological polar surface area (TPSA) is 101 Å². The number of aromatic nitrogens is 2. The molecule has 7 nitrogen and oxygen atoms in total. The van der Waals surface area contributed by atoms with Crippen molar-refractivity contribution in [1.82, 2.24) is 9.97 Å². The minimum Gasteiger partial charge on any atom is -0.504 e. The number of allylic oxidation sites excluding steroid dienone is 1. The summed E-state index contributed by atoms with van der Waals surface area (Å²) in [5.74, 6) is -1.68. The maximum atomic E-state index is 13.5. The van der Waals surface area contributed by atoms with Crippen LogP contribution in [0.25, 0.3) is 0 Å². The second kappa shape index (κ2) is 11.0. The Morgan fingerprint density at radius 2 is 1.56 bits per heavy atom. The summed E-state index contributed by atoms with van der Waals surface area (Å²) in [5.41, 5.74) is 1.88. The van der Waals surface area contributed by atoms with E-state index in [1.807, 2.05) is 13.8 Å². The van der Waals surface area contributed by atoms with Crippen molar-refractivity contribution in [2.24, 2.45) is 0 Å². The molecule has 36 heavy (non-hydrogen) atoms. The molecule has 1 aromatic heterocycles. The fraction of sp³-hybridized carbons (Fsp3) is 0.231. The number of hydrogen-bond donors (Lipinski definition) is 2. The van der Waals surface area contributed by atoms with Crippen LogP contribution in [0.3, 0.4) is 0 Å². The van der Waals surface area contributed by atoms with Gasteiger partial charge in [-0.2, -0.15) is 0 Å². The van der Waals surface area contributed by atoms with Crippen LogP contribution in [-0.2, 0) is 4.79 Å². The minimum absolute atomic E-state index is 0.0698. The molecule has 0 bridgehead atoms. The lowest BCUT2D eigenvalue weighted by Gasteiger charge is -2.23. The average Bonchev–Trinajstić information content (AvgIpc) is 2.84. The number of aliphatic hydroxyl groups excluding tert-OH is 1. The van der Waals surface area contributed by atoms with Gasteiger partial charge in [-0.25, -0.2) is 9.97 Å². The third kappa shape index (κ3) is 6.68. The number of aliphatic hydroxyl groups is 1. The Balaban J connectivity index is 2.08. The average molecular weight is 499 g/mol. The van der Waals surface area contributed by atoms with Crippen molar-refractivity contribution >= 4 is 18.0 Å². The van der Waals surface area contributed by atoms with Crippen LogP contribution in [0.4, 0.5) is 19.1 Å². The summed E-state index contributed by atoms with van der Waals surface area (Å²) in [5, 5.41) is 13.4. The third-order valence-corrected chi connectivity index (χ3v) is 5.26. The van der Waals surface area contributed by atoms with Gasteiger partial charge in [0.25, 0.3) is 0 Å². The Bertz CT molecular complexity index is 1240. The summed E-state index contributed by atoms with van der Waals surface area (Å²) in [4.78, 5) is 33.4. The highest BCUT2D eigenvalue weighted by Crippen LogP contribution is 2.32. The van der Waals surface area contributed by atoms with Crippen molar-refractivity contribution in [2.75, 3.05) is 5.32 Å². The largest absolute Gasteiger partial charge is 0.573 e. The molecule has 0 amide bonds. The summed E-state index contributed by atoms with van der Waals surface area (Å²) in [6.45, 7) is 5.76. The molecular formula is C26H24F3N3O4. The SMILES string of the molecule is Cc1cnc(NC(/C(C(=O)c2ccc(C(C)C)cc2)=C(/O)C=O)c2ccc(OC(F)(F)F)cc2)nc1. The summed E-state index contributed by atoms with van der Waals surface area (Å²) in [7, 11) is 0. The van der Waals surface area contributed by atoms with Crippen molar-refractivity contribution in [1.29, 1.82) is 0 Å². The van der Waals surface area contributed by atoms with Crippen molar-refractivity contribution in [3.05, 3.63) is 94.5 Å². The van der Waals surface area contributed by atoms with Crippen LogP contribution in [-0.4, -0.2) is 33.5 Å². The number of benzene rings is 2. The predicted molar refractivity (Wildman–Crippen MR) is 127 cm³/mol. The van der Waals surface area contributed by atoms with E-state index in [2.05, 4.69) is 20.0 Å². The zero-order valence-corrected chi connectivity index (χ0v) is 19.7. The number of nitrogens with zero attached hydrogens (tertiary/aromatic N) is 2. The zero-order chi connectivity index (χ0) is 26.5. The van der Waals surface area contributed by atoms with Gasteiger partial charge in [-0.1, -0.05) is 50.2 Å². The number of Topliss-reactive ketones (excluding diaryl/α,β-unsaturated/α-hetero) is 1. The highest BCUT2D eigenvalue weighted by Gasteiger charge is 2.32. The molecule has 3 rings (SSSR count). The van der Waals surface area contributed by atoms with Gasteiger partial charge in [0, 0.05) is 18.0 Å². The van der Waals surface area contributed by atoms with E-state index in [0.717, 1.165) is 23.3 Å². The van der Waals surface area contributed by atoms with Crippen LogP contribution in [0, 0.1) is 6.92 Å². The van der Waals surface area contributed by atoms with E-state index in [4.69, 9.17) is 0 Å². The maximum Gasteiger partial charge on any atom is 0.573 e. The van der Waals surface area contributed by atoms with E-state index < -0.39 is 29.7 Å². The Labute approximate surface area is 205 Å². The van der Waals surface area contributed by atoms with Gasteiger partial charge in [0.15, 0.2) is 17.8 Å². The molecule has 0 aliphatic heterocycles. The number of carbonyl (C=O) groups excluding carboxylic acids is 2. The number of halogens is 3. The summed E-state index contributed by atoms with van der Waals surface area (Å²) >= 11 is 0.